The zero-order chi connectivity index (χ0) is 12.0. The molecule has 6 heteroatoms. The van der Waals surface area contributed by atoms with Crippen molar-refractivity contribution in [1.82, 2.24) is 9.80 Å². The van der Waals surface area contributed by atoms with Gasteiger partial charge in [0.15, 0.2) is 0 Å². The first-order chi connectivity index (χ1) is 7.65. The van der Waals surface area contributed by atoms with E-state index in [1.165, 1.54) is 6.42 Å². The lowest BCUT2D eigenvalue weighted by Crippen LogP contribution is -2.28. The van der Waals surface area contributed by atoms with E-state index in [9.17, 15) is 0 Å². The number of hydrogen-bond donors (Lipinski definition) is 0. The van der Waals surface area contributed by atoms with Gasteiger partial charge in [-0.05, 0) is 39.0 Å². The summed E-state index contributed by atoms with van der Waals surface area (Å²) in [5.74, 6) is 0.771. The molecule has 0 saturated heterocycles. The number of hydrogen-bond acceptors (Lipinski definition) is 3. The van der Waals surface area contributed by atoms with E-state index in [0.717, 1.165) is 38.6 Å². The van der Waals surface area contributed by atoms with E-state index in [0.29, 0.717) is 0 Å². The van der Waals surface area contributed by atoms with E-state index in [4.69, 9.17) is 5.53 Å². The lowest BCUT2D eigenvalue weighted by Gasteiger charge is -2.13. The van der Waals surface area contributed by atoms with E-state index in [2.05, 4.69) is 33.9 Å². The molecule has 6 nitrogen and oxygen atoms in total. The summed E-state index contributed by atoms with van der Waals surface area (Å²) in [6, 6.07) is 0. The van der Waals surface area contributed by atoms with Gasteiger partial charge in [-0.25, -0.2) is 0 Å². The van der Waals surface area contributed by atoms with Crippen molar-refractivity contribution >= 4 is 5.96 Å². The second-order valence-corrected chi connectivity index (χ2v) is 4.41. The van der Waals surface area contributed by atoms with Gasteiger partial charge in [-0.15, -0.1) is 0 Å². The van der Waals surface area contributed by atoms with E-state index in [1.54, 1.807) is 0 Å². The average molecular weight is 225 g/mol. The highest BCUT2D eigenvalue weighted by Gasteiger charge is 2.23. The van der Waals surface area contributed by atoms with E-state index in [1.807, 2.05) is 11.6 Å². The molecule has 90 valence electrons. The molecule has 1 rings (SSSR count). The van der Waals surface area contributed by atoms with Crippen LogP contribution in [-0.2, 0) is 0 Å². The molecule has 0 N–H and O–H groups in total. The zero-order valence-corrected chi connectivity index (χ0v) is 10.4. The molecule has 0 bridgehead atoms. The van der Waals surface area contributed by atoms with Gasteiger partial charge in [-0.2, -0.15) is 0 Å². The molecule has 0 aliphatic carbocycles. The van der Waals surface area contributed by atoms with Crippen molar-refractivity contribution in [2.24, 2.45) is 5.11 Å². The predicted molar refractivity (Wildman–Crippen MR) is 64.6 cm³/mol. The van der Waals surface area contributed by atoms with Crippen molar-refractivity contribution < 1.29 is 4.58 Å². The number of nitrogens with zero attached hydrogens (tertiary/aromatic N) is 6. The SMILES string of the molecule is CN(C)CCCCN1CC[N+](C)=C1N=[N+]=[N-]. The lowest BCUT2D eigenvalue weighted by molar-refractivity contribution is -0.487. The van der Waals surface area contributed by atoms with E-state index >= 15 is 0 Å². The van der Waals surface area contributed by atoms with Crippen LogP contribution >= 0.6 is 0 Å². The van der Waals surface area contributed by atoms with Gasteiger partial charge in [0.2, 0.25) is 0 Å². The molecule has 0 amide bonds. The van der Waals surface area contributed by atoms with Crippen LogP contribution in [0.15, 0.2) is 5.11 Å². The van der Waals surface area contributed by atoms with E-state index in [-0.39, 0.29) is 0 Å². The fourth-order valence-electron chi connectivity index (χ4n) is 1.83. The van der Waals surface area contributed by atoms with Gasteiger partial charge in [-0.3, -0.25) is 9.48 Å². The van der Waals surface area contributed by atoms with Crippen LogP contribution in [-0.4, -0.2) is 67.7 Å². The molecular weight excluding hydrogens is 204 g/mol. The maximum Gasteiger partial charge on any atom is 0.282 e. The number of unbranched alkanes of at least 4 members (excludes halogenated alkanes) is 1. The van der Waals surface area contributed by atoms with Crippen molar-refractivity contribution in [3.63, 3.8) is 0 Å². The van der Waals surface area contributed by atoms with Crippen molar-refractivity contribution in [1.29, 1.82) is 0 Å². The quantitative estimate of drug-likeness (QED) is 0.230. The van der Waals surface area contributed by atoms with Crippen LogP contribution in [0.25, 0.3) is 10.4 Å². The minimum absolute atomic E-state index is 0.771. The Hall–Kier alpha value is -1.26. The Kier molecular flexibility index (Phi) is 5.08. The number of rotatable bonds is 5. The fraction of sp³-hybridized carbons (Fsp3) is 0.900. The predicted octanol–water partition coefficient (Wildman–Crippen LogP) is 0.952. The van der Waals surface area contributed by atoms with Gasteiger partial charge in [-0.1, -0.05) is 0 Å². The molecule has 16 heavy (non-hydrogen) atoms. The van der Waals surface area contributed by atoms with Crippen LogP contribution in [0.3, 0.4) is 0 Å². The summed E-state index contributed by atoms with van der Waals surface area (Å²) >= 11 is 0. The van der Waals surface area contributed by atoms with Crippen LogP contribution in [0, 0.1) is 0 Å². The molecule has 0 aromatic heterocycles. The highest BCUT2D eigenvalue weighted by molar-refractivity contribution is 5.76. The van der Waals surface area contributed by atoms with Gasteiger partial charge in [0.25, 0.3) is 5.96 Å². The third-order valence-electron chi connectivity index (χ3n) is 2.75. The topological polar surface area (TPSA) is 58.2 Å². The summed E-state index contributed by atoms with van der Waals surface area (Å²) in [7, 11) is 6.13. The molecule has 0 unspecified atom stereocenters. The van der Waals surface area contributed by atoms with Crippen molar-refractivity contribution in [2.45, 2.75) is 12.8 Å². The Balaban J connectivity index is 2.35. The summed E-state index contributed by atoms with van der Waals surface area (Å²) in [4.78, 5) is 7.22. The Morgan fingerprint density at radius 2 is 2.25 bits per heavy atom. The third kappa shape index (κ3) is 3.72. The lowest BCUT2D eigenvalue weighted by atomic mass is 10.3. The summed E-state index contributed by atoms with van der Waals surface area (Å²) < 4.78 is 2.01. The summed E-state index contributed by atoms with van der Waals surface area (Å²) in [6.45, 7) is 4.00. The summed E-state index contributed by atoms with van der Waals surface area (Å²) in [6.07, 6.45) is 2.31. The fourth-order valence-corrected chi connectivity index (χ4v) is 1.83. The van der Waals surface area contributed by atoms with Crippen molar-refractivity contribution in [3.8, 4) is 0 Å². The number of azide groups is 1. The maximum absolute atomic E-state index is 8.48. The Morgan fingerprint density at radius 3 is 2.88 bits per heavy atom. The highest BCUT2D eigenvalue weighted by Crippen LogP contribution is 2.04. The second-order valence-electron chi connectivity index (χ2n) is 4.41. The third-order valence-corrected chi connectivity index (χ3v) is 2.75. The van der Waals surface area contributed by atoms with Gasteiger partial charge < -0.3 is 4.90 Å². The van der Waals surface area contributed by atoms with Crippen molar-refractivity contribution in [3.05, 3.63) is 10.4 Å². The van der Waals surface area contributed by atoms with Gasteiger partial charge in [0.1, 0.15) is 0 Å². The normalized spacial score (nSPS) is 15.9. The van der Waals surface area contributed by atoms with Crippen LogP contribution < -0.4 is 0 Å². The Labute approximate surface area is 96.8 Å². The standard InChI is InChI=1S/C10H21N6/c1-14(2)6-4-5-7-16-9-8-15(3)10(16)12-13-11/h4-9H2,1-3H3/q+1. The van der Waals surface area contributed by atoms with Crippen LogP contribution in [0.1, 0.15) is 12.8 Å². The van der Waals surface area contributed by atoms with E-state index < -0.39 is 0 Å². The van der Waals surface area contributed by atoms with Crippen LogP contribution in [0.4, 0.5) is 0 Å². The Morgan fingerprint density at radius 1 is 1.50 bits per heavy atom. The van der Waals surface area contributed by atoms with Gasteiger partial charge in [0, 0.05) is 10.0 Å². The first-order valence-corrected chi connectivity index (χ1v) is 5.68. The first kappa shape index (κ1) is 12.8. The maximum atomic E-state index is 8.48. The van der Waals surface area contributed by atoms with Gasteiger partial charge in [0.05, 0.1) is 26.7 Å². The molecule has 1 heterocycles. The second kappa shape index (κ2) is 6.35. The molecule has 0 atom stereocenters. The molecule has 0 spiro atoms. The molecule has 0 saturated carbocycles. The largest absolute Gasteiger partial charge is 0.309 e. The van der Waals surface area contributed by atoms with Crippen LogP contribution in [0.5, 0.6) is 0 Å². The molecule has 0 aromatic carbocycles. The molecule has 1 aliphatic rings. The van der Waals surface area contributed by atoms with Crippen molar-refractivity contribution in [2.75, 3.05) is 47.3 Å². The average Bonchev–Trinajstić information content (AvgIpc) is 2.56. The number of likely N-dealkylation sites (N-methyl/N-ethyl adjacent to an activating group) is 1. The minimum Gasteiger partial charge on any atom is -0.309 e. The Bertz CT molecular complexity index is 302. The smallest absolute Gasteiger partial charge is 0.282 e. The summed E-state index contributed by atoms with van der Waals surface area (Å²) in [5, 5.41) is 3.74. The van der Waals surface area contributed by atoms with Crippen LogP contribution in [0.2, 0.25) is 0 Å². The molecule has 0 fully saturated rings. The highest BCUT2D eigenvalue weighted by atomic mass is 15.4. The molecular formula is C10H21N6+. The minimum atomic E-state index is 0.771. The molecule has 0 aromatic rings. The number of guanidine groups is 1. The van der Waals surface area contributed by atoms with Gasteiger partial charge >= 0.3 is 0 Å². The monoisotopic (exact) mass is 225 g/mol. The summed E-state index contributed by atoms with van der Waals surface area (Å²) in [5.41, 5.74) is 8.48. The molecule has 0 radical (unpaired) electrons. The first-order valence-electron chi connectivity index (χ1n) is 5.68. The zero-order valence-electron chi connectivity index (χ0n) is 10.4. The molecule has 1 aliphatic heterocycles.